The van der Waals surface area contributed by atoms with Crippen molar-refractivity contribution < 1.29 is 14.3 Å². The smallest absolute Gasteiger partial charge is 0.318 e. The molecular weight excluding hydrogens is 320 g/mol. The summed E-state index contributed by atoms with van der Waals surface area (Å²) in [6, 6.07) is 7.30. The van der Waals surface area contributed by atoms with Crippen LogP contribution in [0.25, 0.3) is 0 Å². The Hall–Kier alpha value is -2.54. The van der Waals surface area contributed by atoms with Crippen LogP contribution in [0, 0.1) is 6.92 Å². The van der Waals surface area contributed by atoms with Crippen LogP contribution in [0.3, 0.4) is 0 Å². The second kappa shape index (κ2) is 9.08. The van der Waals surface area contributed by atoms with Gasteiger partial charge in [0.25, 0.3) is 0 Å². The van der Waals surface area contributed by atoms with E-state index in [4.69, 9.17) is 9.47 Å². The standard InChI is InChI=1S/C18H26N4O3/c1-13-11-19-17(20-13)14(2)21-18(23)22(8-9-24-3)12-15-6-5-7-16(10-15)25-4/h5-7,10-11,14H,8-9,12H2,1-4H3,(H,19,20)(H,21,23)/t14-/m1/s1. The second-order valence-electron chi connectivity index (χ2n) is 5.89. The van der Waals surface area contributed by atoms with E-state index in [9.17, 15) is 4.79 Å². The summed E-state index contributed by atoms with van der Waals surface area (Å²) in [5.74, 6) is 1.50. The third kappa shape index (κ3) is 5.49. The maximum atomic E-state index is 12.7. The van der Waals surface area contributed by atoms with E-state index >= 15 is 0 Å². The highest BCUT2D eigenvalue weighted by Gasteiger charge is 2.18. The summed E-state index contributed by atoms with van der Waals surface area (Å²) in [6.45, 7) is 5.25. The average molecular weight is 346 g/mol. The molecule has 0 aliphatic rings. The lowest BCUT2D eigenvalue weighted by Gasteiger charge is -2.25. The molecule has 2 N–H and O–H groups in total. The van der Waals surface area contributed by atoms with Crippen molar-refractivity contribution >= 4 is 6.03 Å². The molecule has 1 heterocycles. The van der Waals surface area contributed by atoms with Crippen molar-refractivity contribution in [1.29, 1.82) is 0 Å². The summed E-state index contributed by atoms with van der Waals surface area (Å²) in [7, 11) is 3.25. The van der Waals surface area contributed by atoms with E-state index in [1.807, 2.05) is 38.1 Å². The lowest BCUT2D eigenvalue weighted by molar-refractivity contribution is 0.145. The predicted molar refractivity (Wildman–Crippen MR) is 95.6 cm³/mol. The number of nitrogens with zero attached hydrogens (tertiary/aromatic N) is 2. The number of methoxy groups -OCH3 is 2. The molecule has 0 saturated carbocycles. The van der Waals surface area contributed by atoms with Crippen LogP contribution < -0.4 is 10.1 Å². The zero-order chi connectivity index (χ0) is 18.2. The molecule has 136 valence electrons. The zero-order valence-corrected chi connectivity index (χ0v) is 15.2. The number of hydrogen-bond donors (Lipinski definition) is 2. The molecule has 0 radical (unpaired) electrons. The Morgan fingerprint density at radius 1 is 1.40 bits per heavy atom. The van der Waals surface area contributed by atoms with Crippen LogP contribution in [-0.4, -0.2) is 48.3 Å². The summed E-state index contributed by atoms with van der Waals surface area (Å²) in [4.78, 5) is 21.8. The van der Waals surface area contributed by atoms with Crippen LogP contribution >= 0.6 is 0 Å². The maximum absolute atomic E-state index is 12.7. The molecule has 1 aromatic carbocycles. The first-order chi connectivity index (χ1) is 12.0. The molecule has 0 saturated heterocycles. The van der Waals surface area contributed by atoms with E-state index in [0.29, 0.717) is 19.7 Å². The number of aromatic amines is 1. The zero-order valence-electron chi connectivity index (χ0n) is 15.2. The van der Waals surface area contributed by atoms with Crippen LogP contribution in [0.5, 0.6) is 5.75 Å². The Morgan fingerprint density at radius 3 is 2.84 bits per heavy atom. The molecule has 0 fully saturated rings. The predicted octanol–water partition coefficient (Wildman–Crippen LogP) is 2.65. The van der Waals surface area contributed by atoms with Crippen molar-refractivity contribution in [2.75, 3.05) is 27.4 Å². The van der Waals surface area contributed by atoms with Crippen LogP contribution in [0.2, 0.25) is 0 Å². The van der Waals surface area contributed by atoms with E-state index < -0.39 is 0 Å². The fourth-order valence-corrected chi connectivity index (χ4v) is 2.44. The third-order valence-electron chi connectivity index (χ3n) is 3.83. The molecule has 1 atom stereocenters. The van der Waals surface area contributed by atoms with Crippen molar-refractivity contribution in [3.05, 3.63) is 47.5 Å². The molecule has 2 amide bonds. The number of H-pyrrole nitrogens is 1. The lowest BCUT2D eigenvalue weighted by Crippen LogP contribution is -2.42. The summed E-state index contributed by atoms with van der Waals surface area (Å²) in [6.07, 6.45) is 1.75. The quantitative estimate of drug-likeness (QED) is 0.770. The Kier molecular flexibility index (Phi) is 6.82. The second-order valence-corrected chi connectivity index (χ2v) is 5.89. The monoisotopic (exact) mass is 346 g/mol. The molecule has 25 heavy (non-hydrogen) atoms. The van der Waals surface area contributed by atoms with E-state index in [1.54, 1.807) is 25.3 Å². The van der Waals surface area contributed by atoms with Gasteiger partial charge in [-0.1, -0.05) is 12.1 Å². The van der Waals surface area contributed by atoms with Crippen molar-refractivity contribution in [2.24, 2.45) is 0 Å². The molecule has 2 rings (SSSR count). The molecule has 0 aliphatic carbocycles. The Bertz CT molecular complexity index is 686. The topological polar surface area (TPSA) is 79.5 Å². The molecule has 0 spiro atoms. The SMILES string of the molecule is COCCN(Cc1cccc(OC)c1)C(=O)N[C@H](C)c1ncc(C)[nH]1. The maximum Gasteiger partial charge on any atom is 0.318 e. The highest BCUT2D eigenvalue weighted by molar-refractivity contribution is 5.74. The Morgan fingerprint density at radius 2 is 2.20 bits per heavy atom. The van der Waals surface area contributed by atoms with Gasteiger partial charge in [0.2, 0.25) is 0 Å². The van der Waals surface area contributed by atoms with Gasteiger partial charge in [-0.3, -0.25) is 0 Å². The molecular formula is C18H26N4O3. The third-order valence-corrected chi connectivity index (χ3v) is 3.83. The number of aromatic nitrogens is 2. The van der Waals surface area contributed by atoms with Crippen molar-refractivity contribution in [2.45, 2.75) is 26.4 Å². The van der Waals surface area contributed by atoms with Gasteiger partial charge in [-0.2, -0.15) is 0 Å². The minimum absolute atomic E-state index is 0.165. The van der Waals surface area contributed by atoms with Gasteiger partial charge in [0.1, 0.15) is 11.6 Å². The molecule has 1 aromatic heterocycles. The van der Waals surface area contributed by atoms with Crippen LogP contribution in [0.4, 0.5) is 4.79 Å². The van der Waals surface area contributed by atoms with Gasteiger partial charge in [-0.15, -0.1) is 0 Å². The van der Waals surface area contributed by atoms with Gasteiger partial charge in [-0.05, 0) is 31.5 Å². The normalized spacial score (nSPS) is 11.8. The number of ether oxygens (including phenoxy) is 2. The van der Waals surface area contributed by atoms with Gasteiger partial charge in [0, 0.05) is 32.1 Å². The minimum atomic E-state index is -0.212. The van der Waals surface area contributed by atoms with Crippen LogP contribution in [-0.2, 0) is 11.3 Å². The summed E-state index contributed by atoms with van der Waals surface area (Å²) in [5.41, 5.74) is 1.95. The molecule has 0 unspecified atom stereocenters. The first-order valence-corrected chi connectivity index (χ1v) is 8.22. The van der Waals surface area contributed by atoms with Crippen LogP contribution in [0.15, 0.2) is 30.5 Å². The molecule has 0 aliphatic heterocycles. The Balaban J connectivity index is 2.05. The van der Waals surface area contributed by atoms with Crippen molar-refractivity contribution in [3.63, 3.8) is 0 Å². The van der Waals surface area contributed by atoms with E-state index in [2.05, 4.69) is 15.3 Å². The highest BCUT2D eigenvalue weighted by Crippen LogP contribution is 2.15. The number of hydrogen-bond acceptors (Lipinski definition) is 4. The molecule has 7 heteroatoms. The van der Waals surface area contributed by atoms with Crippen molar-refractivity contribution in [3.8, 4) is 5.75 Å². The molecule has 0 bridgehead atoms. The number of carbonyl (C=O) groups is 1. The first-order valence-electron chi connectivity index (χ1n) is 8.22. The number of amides is 2. The number of nitrogens with one attached hydrogen (secondary N) is 2. The fourth-order valence-electron chi connectivity index (χ4n) is 2.44. The van der Waals surface area contributed by atoms with Gasteiger partial charge >= 0.3 is 6.03 Å². The number of rotatable bonds is 8. The minimum Gasteiger partial charge on any atom is -0.497 e. The van der Waals surface area contributed by atoms with E-state index in [-0.39, 0.29) is 12.1 Å². The Labute approximate surface area is 148 Å². The van der Waals surface area contributed by atoms with E-state index in [0.717, 1.165) is 22.8 Å². The first kappa shape index (κ1) is 18.8. The average Bonchev–Trinajstić information content (AvgIpc) is 3.05. The molecule has 2 aromatic rings. The lowest BCUT2D eigenvalue weighted by atomic mass is 10.2. The van der Waals surface area contributed by atoms with Crippen LogP contribution in [0.1, 0.15) is 30.0 Å². The highest BCUT2D eigenvalue weighted by atomic mass is 16.5. The van der Waals surface area contributed by atoms with Gasteiger partial charge in [0.15, 0.2) is 0 Å². The van der Waals surface area contributed by atoms with E-state index in [1.165, 1.54) is 0 Å². The summed E-state index contributed by atoms with van der Waals surface area (Å²) < 4.78 is 10.4. The molecule has 7 nitrogen and oxygen atoms in total. The fraction of sp³-hybridized carbons (Fsp3) is 0.444. The number of imidazole rings is 1. The van der Waals surface area contributed by atoms with Crippen molar-refractivity contribution in [1.82, 2.24) is 20.2 Å². The van der Waals surface area contributed by atoms with Gasteiger partial charge in [0.05, 0.1) is 19.8 Å². The summed E-state index contributed by atoms with van der Waals surface area (Å²) in [5, 5.41) is 2.97. The number of carbonyl (C=O) groups excluding carboxylic acids is 1. The number of benzene rings is 1. The van der Waals surface area contributed by atoms with Gasteiger partial charge in [-0.25, -0.2) is 9.78 Å². The largest absolute Gasteiger partial charge is 0.497 e. The number of aryl methyl sites for hydroxylation is 1. The summed E-state index contributed by atoms with van der Waals surface area (Å²) >= 11 is 0. The van der Waals surface area contributed by atoms with Gasteiger partial charge < -0.3 is 24.7 Å². The number of urea groups is 1.